The normalized spacial score (nSPS) is 14.9. The Kier molecular flexibility index (Phi) is 6.90. The van der Waals surface area contributed by atoms with Crippen LogP contribution in [0, 0.1) is 6.92 Å². The van der Waals surface area contributed by atoms with Crippen molar-refractivity contribution >= 4 is 33.2 Å². The van der Waals surface area contributed by atoms with Gasteiger partial charge in [0.05, 0.1) is 24.1 Å². The van der Waals surface area contributed by atoms with E-state index in [4.69, 9.17) is 21.1 Å². The third-order valence-electron chi connectivity index (χ3n) is 5.11. The van der Waals surface area contributed by atoms with Gasteiger partial charge in [0.2, 0.25) is 10.0 Å². The molecule has 0 aliphatic carbocycles. The van der Waals surface area contributed by atoms with E-state index in [9.17, 15) is 13.2 Å². The van der Waals surface area contributed by atoms with Gasteiger partial charge in [-0.1, -0.05) is 24.1 Å². The van der Waals surface area contributed by atoms with Crippen molar-refractivity contribution in [1.29, 1.82) is 0 Å². The fourth-order valence-corrected chi connectivity index (χ4v) is 5.23. The molecular formula is C21H25ClN2O5S. The number of benzene rings is 2. The second kappa shape index (κ2) is 9.24. The van der Waals surface area contributed by atoms with Gasteiger partial charge in [0.15, 0.2) is 11.5 Å². The summed E-state index contributed by atoms with van der Waals surface area (Å²) >= 11 is 6.19. The molecule has 30 heavy (non-hydrogen) atoms. The van der Waals surface area contributed by atoms with Crippen LogP contribution in [0.15, 0.2) is 35.2 Å². The van der Waals surface area contributed by atoms with E-state index < -0.39 is 15.9 Å². The second-order valence-corrected chi connectivity index (χ2v) is 9.43. The van der Waals surface area contributed by atoms with Gasteiger partial charge in [-0.15, -0.1) is 0 Å². The zero-order chi connectivity index (χ0) is 21.9. The number of rotatable bonds is 6. The third kappa shape index (κ3) is 4.55. The van der Waals surface area contributed by atoms with Gasteiger partial charge < -0.3 is 14.8 Å². The Labute approximate surface area is 182 Å². The van der Waals surface area contributed by atoms with E-state index in [1.54, 1.807) is 19.1 Å². The monoisotopic (exact) mass is 452 g/mol. The SMILES string of the molecule is COc1cc(C(=O)Nc2cc(S(=O)(=O)N3CCCCC3)ccc2C)cc(Cl)c1OC. The van der Waals surface area contributed by atoms with Crippen molar-refractivity contribution in [3.8, 4) is 11.5 Å². The van der Waals surface area contributed by atoms with Gasteiger partial charge in [0.25, 0.3) is 5.91 Å². The standard InChI is InChI=1S/C21H25ClN2O5S/c1-14-7-8-16(30(26,27)24-9-5-4-6-10-24)13-18(14)23-21(25)15-11-17(22)20(29-3)19(12-15)28-2/h7-8,11-13H,4-6,9-10H2,1-3H3,(H,23,25). The first-order chi connectivity index (χ1) is 14.3. The predicted molar refractivity (Wildman–Crippen MR) is 116 cm³/mol. The van der Waals surface area contributed by atoms with Crippen molar-refractivity contribution in [3.63, 3.8) is 0 Å². The summed E-state index contributed by atoms with van der Waals surface area (Å²) in [5.74, 6) is 0.225. The number of hydrogen-bond donors (Lipinski definition) is 1. The van der Waals surface area contributed by atoms with E-state index in [1.807, 2.05) is 0 Å². The number of nitrogens with zero attached hydrogens (tertiary/aromatic N) is 1. The fourth-order valence-electron chi connectivity index (χ4n) is 3.39. The van der Waals surface area contributed by atoms with Crippen molar-refractivity contribution < 1.29 is 22.7 Å². The minimum atomic E-state index is -3.60. The van der Waals surface area contributed by atoms with Gasteiger partial charge in [-0.05, 0) is 49.6 Å². The smallest absolute Gasteiger partial charge is 0.255 e. The van der Waals surface area contributed by atoms with Gasteiger partial charge in [-0.3, -0.25) is 4.79 Å². The number of amides is 1. The summed E-state index contributed by atoms with van der Waals surface area (Å²) in [6.45, 7) is 2.83. The topological polar surface area (TPSA) is 84.9 Å². The molecule has 9 heteroatoms. The van der Waals surface area contributed by atoms with Crippen molar-refractivity contribution in [2.24, 2.45) is 0 Å². The highest BCUT2D eigenvalue weighted by Crippen LogP contribution is 2.36. The van der Waals surface area contributed by atoms with Gasteiger partial charge >= 0.3 is 0 Å². The van der Waals surface area contributed by atoms with Crippen LogP contribution in [0.4, 0.5) is 5.69 Å². The minimum absolute atomic E-state index is 0.163. The Morgan fingerprint density at radius 2 is 1.77 bits per heavy atom. The van der Waals surface area contributed by atoms with Crippen LogP contribution in [-0.4, -0.2) is 45.9 Å². The largest absolute Gasteiger partial charge is 0.493 e. The fraction of sp³-hybridized carbons (Fsp3) is 0.381. The molecule has 1 aliphatic heterocycles. The molecule has 0 radical (unpaired) electrons. The average molecular weight is 453 g/mol. The zero-order valence-electron chi connectivity index (χ0n) is 17.2. The second-order valence-electron chi connectivity index (χ2n) is 7.09. The van der Waals surface area contributed by atoms with Crippen LogP contribution in [-0.2, 0) is 10.0 Å². The number of ether oxygens (including phenoxy) is 2. The molecule has 2 aromatic rings. The molecule has 0 atom stereocenters. The van der Waals surface area contributed by atoms with E-state index in [1.165, 1.54) is 36.7 Å². The summed E-state index contributed by atoms with van der Waals surface area (Å²) in [4.78, 5) is 13.0. The van der Waals surface area contributed by atoms with Crippen LogP contribution in [0.3, 0.4) is 0 Å². The van der Waals surface area contributed by atoms with Gasteiger partial charge in [0, 0.05) is 24.3 Å². The predicted octanol–water partition coefficient (Wildman–Crippen LogP) is 4.09. The number of sulfonamides is 1. The van der Waals surface area contributed by atoms with Crippen molar-refractivity contribution in [2.45, 2.75) is 31.1 Å². The van der Waals surface area contributed by atoms with Gasteiger partial charge in [0.1, 0.15) is 0 Å². The van der Waals surface area contributed by atoms with Crippen LogP contribution in [0.2, 0.25) is 5.02 Å². The van der Waals surface area contributed by atoms with E-state index >= 15 is 0 Å². The number of halogens is 1. The summed E-state index contributed by atoms with van der Waals surface area (Å²) < 4.78 is 37.9. The van der Waals surface area contributed by atoms with E-state index in [0.717, 1.165) is 24.8 Å². The number of piperidine rings is 1. The maximum Gasteiger partial charge on any atom is 0.255 e. The lowest BCUT2D eigenvalue weighted by Gasteiger charge is -2.26. The summed E-state index contributed by atoms with van der Waals surface area (Å²) in [5.41, 5.74) is 1.43. The molecule has 162 valence electrons. The lowest BCUT2D eigenvalue weighted by Crippen LogP contribution is -2.35. The molecule has 1 N–H and O–H groups in total. The Balaban J connectivity index is 1.89. The highest BCUT2D eigenvalue weighted by atomic mass is 35.5. The quantitative estimate of drug-likeness (QED) is 0.713. The lowest BCUT2D eigenvalue weighted by atomic mass is 10.1. The number of anilines is 1. The number of aryl methyl sites for hydroxylation is 1. The molecule has 3 rings (SSSR count). The molecule has 0 spiro atoms. The molecular weight excluding hydrogens is 428 g/mol. The molecule has 1 saturated heterocycles. The minimum Gasteiger partial charge on any atom is -0.493 e. The van der Waals surface area contributed by atoms with Crippen LogP contribution in [0.5, 0.6) is 11.5 Å². The summed E-state index contributed by atoms with van der Waals surface area (Å²) in [6, 6.07) is 7.75. The molecule has 1 heterocycles. The highest BCUT2D eigenvalue weighted by Gasteiger charge is 2.26. The number of carbonyl (C=O) groups is 1. The number of carbonyl (C=O) groups excluding carboxylic acids is 1. The van der Waals surface area contributed by atoms with Gasteiger partial charge in [-0.2, -0.15) is 4.31 Å². The van der Waals surface area contributed by atoms with Crippen LogP contribution >= 0.6 is 11.6 Å². The molecule has 0 bridgehead atoms. The van der Waals surface area contributed by atoms with Crippen molar-refractivity contribution in [3.05, 3.63) is 46.5 Å². The summed E-state index contributed by atoms with van der Waals surface area (Å²) in [5, 5.41) is 3.02. The Bertz CT molecular complexity index is 1050. The van der Waals surface area contributed by atoms with Crippen LogP contribution in [0.1, 0.15) is 35.2 Å². The Hall–Kier alpha value is -2.29. The number of methoxy groups -OCH3 is 2. The summed E-state index contributed by atoms with van der Waals surface area (Å²) in [6.07, 6.45) is 2.75. The molecule has 7 nitrogen and oxygen atoms in total. The molecule has 1 aliphatic rings. The number of hydrogen-bond acceptors (Lipinski definition) is 5. The van der Waals surface area contributed by atoms with Crippen molar-refractivity contribution in [1.82, 2.24) is 4.31 Å². The lowest BCUT2D eigenvalue weighted by molar-refractivity contribution is 0.102. The molecule has 0 unspecified atom stereocenters. The molecule has 1 fully saturated rings. The van der Waals surface area contributed by atoms with Crippen LogP contribution < -0.4 is 14.8 Å². The Morgan fingerprint density at radius 3 is 2.40 bits per heavy atom. The first kappa shape index (κ1) is 22.4. The maximum atomic E-state index is 13.0. The third-order valence-corrected chi connectivity index (χ3v) is 7.28. The first-order valence-electron chi connectivity index (χ1n) is 9.61. The zero-order valence-corrected chi connectivity index (χ0v) is 18.8. The van der Waals surface area contributed by atoms with E-state index in [2.05, 4.69) is 5.32 Å². The van der Waals surface area contributed by atoms with Crippen LogP contribution in [0.25, 0.3) is 0 Å². The average Bonchev–Trinajstić information content (AvgIpc) is 2.75. The molecule has 1 amide bonds. The van der Waals surface area contributed by atoms with Crippen molar-refractivity contribution in [2.75, 3.05) is 32.6 Å². The van der Waals surface area contributed by atoms with E-state index in [0.29, 0.717) is 30.3 Å². The van der Waals surface area contributed by atoms with Gasteiger partial charge in [-0.25, -0.2) is 8.42 Å². The highest BCUT2D eigenvalue weighted by molar-refractivity contribution is 7.89. The molecule has 0 aromatic heterocycles. The summed E-state index contributed by atoms with van der Waals surface area (Å²) in [7, 11) is -0.691. The number of nitrogens with one attached hydrogen (secondary N) is 1. The first-order valence-corrected chi connectivity index (χ1v) is 11.4. The maximum absolute atomic E-state index is 13.0. The Morgan fingerprint density at radius 1 is 1.07 bits per heavy atom. The molecule has 0 saturated carbocycles. The molecule has 2 aromatic carbocycles. The van der Waals surface area contributed by atoms with E-state index in [-0.39, 0.29) is 15.5 Å².